The Bertz CT molecular complexity index is 783. The number of benzene rings is 2. The van der Waals surface area contributed by atoms with Gasteiger partial charge in [0.2, 0.25) is 0 Å². The molecular formula is C15H11BrFN3O. The molecule has 0 atom stereocenters. The number of carbonyl (C=O) groups excluding carboxylic acids is 1. The molecule has 0 aliphatic heterocycles. The second kappa shape index (κ2) is 5.65. The minimum absolute atomic E-state index is 0.263. The maximum Gasteiger partial charge on any atom is 0.251 e. The first-order chi connectivity index (χ1) is 10.1. The van der Waals surface area contributed by atoms with Crippen molar-refractivity contribution >= 4 is 32.9 Å². The highest BCUT2D eigenvalue weighted by Crippen LogP contribution is 2.17. The van der Waals surface area contributed by atoms with Crippen LogP contribution in [0, 0.1) is 5.82 Å². The lowest BCUT2D eigenvalue weighted by atomic mass is 10.2. The Balaban J connectivity index is 1.71. The maximum atomic E-state index is 13.1. The summed E-state index contributed by atoms with van der Waals surface area (Å²) in [5, 5.41) is 2.75. The molecule has 2 aromatic carbocycles. The standard InChI is InChI=1S/C15H11BrFN3O/c16-10-7-9(5-6-11(10)17)15(21)18-8-14-19-12-3-1-2-4-13(12)20-14/h1-7H,8H2,(H,18,21)(H,19,20). The molecule has 21 heavy (non-hydrogen) atoms. The summed E-state index contributed by atoms with van der Waals surface area (Å²) < 4.78 is 13.4. The van der Waals surface area contributed by atoms with Crippen LogP contribution in [0.1, 0.15) is 16.2 Å². The minimum Gasteiger partial charge on any atom is -0.345 e. The summed E-state index contributed by atoms with van der Waals surface area (Å²) in [7, 11) is 0. The van der Waals surface area contributed by atoms with Gasteiger partial charge in [0, 0.05) is 5.56 Å². The fourth-order valence-electron chi connectivity index (χ4n) is 1.99. The fraction of sp³-hybridized carbons (Fsp3) is 0.0667. The van der Waals surface area contributed by atoms with Crippen molar-refractivity contribution in [1.29, 1.82) is 0 Å². The van der Waals surface area contributed by atoms with Gasteiger partial charge in [-0.2, -0.15) is 0 Å². The average Bonchev–Trinajstić information content (AvgIpc) is 2.90. The number of imidazole rings is 1. The number of aromatic amines is 1. The Morgan fingerprint density at radius 1 is 1.29 bits per heavy atom. The fourth-order valence-corrected chi connectivity index (χ4v) is 2.37. The van der Waals surface area contributed by atoms with Crippen LogP contribution in [-0.4, -0.2) is 15.9 Å². The molecule has 6 heteroatoms. The van der Waals surface area contributed by atoms with Gasteiger partial charge in [0.25, 0.3) is 5.91 Å². The molecule has 106 valence electrons. The lowest BCUT2D eigenvalue weighted by molar-refractivity contribution is 0.0950. The van der Waals surface area contributed by atoms with E-state index >= 15 is 0 Å². The number of amides is 1. The number of halogens is 2. The van der Waals surface area contributed by atoms with Gasteiger partial charge in [-0.05, 0) is 46.3 Å². The molecule has 1 heterocycles. The molecule has 1 amide bonds. The van der Waals surface area contributed by atoms with E-state index in [9.17, 15) is 9.18 Å². The molecule has 4 nitrogen and oxygen atoms in total. The second-order valence-electron chi connectivity index (χ2n) is 4.51. The first kappa shape index (κ1) is 13.8. The predicted octanol–water partition coefficient (Wildman–Crippen LogP) is 3.39. The van der Waals surface area contributed by atoms with E-state index in [2.05, 4.69) is 31.2 Å². The van der Waals surface area contributed by atoms with Crippen molar-refractivity contribution in [3.63, 3.8) is 0 Å². The van der Waals surface area contributed by atoms with E-state index in [1.54, 1.807) is 0 Å². The normalized spacial score (nSPS) is 10.8. The summed E-state index contributed by atoms with van der Waals surface area (Å²) in [6.45, 7) is 0.280. The van der Waals surface area contributed by atoms with Gasteiger partial charge in [-0.15, -0.1) is 0 Å². The van der Waals surface area contributed by atoms with Crippen molar-refractivity contribution in [3.05, 3.63) is 64.1 Å². The Morgan fingerprint density at radius 2 is 2.10 bits per heavy atom. The Hall–Kier alpha value is -2.21. The highest BCUT2D eigenvalue weighted by molar-refractivity contribution is 9.10. The summed E-state index contributed by atoms with van der Waals surface area (Å²) in [4.78, 5) is 19.5. The molecule has 0 aliphatic carbocycles. The molecule has 2 N–H and O–H groups in total. The average molecular weight is 348 g/mol. The third kappa shape index (κ3) is 2.95. The van der Waals surface area contributed by atoms with Crippen LogP contribution in [0.25, 0.3) is 11.0 Å². The van der Waals surface area contributed by atoms with E-state index in [-0.39, 0.29) is 16.9 Å². The zero-order chi connectivity index (χ0) is 14.8. The number of fused-ring (bicyclic) bond motifs is 1. The van der Waals surface area contributed by atoms with Gasteiger partial charge in [0.15, 0.2) is 0 Å². The molecule has 1 aromatic heterocycles. The predicted molar refractivity (Wildman–Crippen MR) is 81.4 cm³/mol. The number of para-hydroxylation sites is 2. The third-order valence-electron chi connectivity index (χ3n) is 3.04. The largest absolute Gasteiger partial charge is 0.345 e. The van der Waals surface area contributed by atoms with Gasteiger partial charge in [-0.1, -0.05) is 12.1 Å². The minimum atomic E-state index is -0.399. The van der Waals surface area contributed by atoms with Crippen LogP contribution in [-0.2, 0) is 6.54 Å². The number of hydrogen-bond donors (Lipinski definition) is 2. The molecule has 0 fully saturated rings. The number of carbonyl (C=O) groups is 1. The Kier molecular flexibility index (Phi) is 3.70. The van der Waals surface area contributed by atoms with Gasteiger partial charge in [0.1, 0.15) is 11.6 Å². The van der Waals surface area contributed by atoms with E-state index < -0.39 is 5.82 Å². The van der Waals surface area contributed by atoms with Crippen molar-refractivity contribution in [2.45, 2.75) is 6.54 Å². The van der Waals surface area contributed by atoms with Crippen molar-refractivity contribution in [2.75, 3.05) is 0 Å². The third-order valence-corrected chi connectivity index (χ3v) is 3.64. The molecule has 0 saturated heterocycles. The van der Waals surface area contributed by atoms with Crippen molar-refractivity contribution in [2.24, 2.45) is 0 Å². The zero-order valence-electron chi connectivity index (χ0n) is 10.9. The first-order valence-electron chi connectivity index (χ1n) is 6.30. The molecule has 0 bridgehead atoms. The smallest absolute Gasteiger partial charge is 0.251 e. The maximum absolute atomic E-state index is 13.1. The van der Waals surface area contributed by atoms with Gasteiger partial charge in [-0.3, -0.25) is 4.79 Å². The van der Waals surface area contributed by atoms with Crippen LogP contribution in [0.3, 0.4) is 0 Å². The monoisotopic (exact) mass is 347 g/mol. The lowest BCUT2D eigenvalue weighted by Crippen LogP contribution is -2.23. The zero-order valence-corrected chi connectivity index (χ0v) is 12.4. The molecule has 0 spiro atoms. The Morgan fingerprint density at radius 3 is 2.86 bits per heavy atom. The van der Waals surface area contributed by atoms with Gasteiger partial charge in [0.05, 0.1) is 22.1 Å². The highest BCUT2D eigenvalue weighted by Gasteiger charge is 2.09. The lowest BCUT2D eigenvalue weighted by Gasteiger charge is -2.04. The molecular weight excluding hydrogens is 337 g/mol. The molecule has 0 unspecified atom stereocenters. The van der Waals surface area contributed by atoms with Crippen LogP contribution in [0.2, 0.25) is 0 Å². The van der Waals surface area contributed by atoms with E-state index in [4.69, 9.17) is 0 Å². The molecule has 0 saturated carbocycles. The van der Waals surface area contributed by atoms with Crippen molar-refractivity contribution in [1.82, 2.24) is 15.3 Å². The number of hydrogen-bond acceptors (Lipinski definition) is 2. The molecule has 0 radical (unpaired) electrons. The highest BCUT2D eigenvalue weighted by atomic mass is 79.9. The van der Waals surface area contributed by atoms with Crippen molar-refractivity contribution < 1.29 is 9.18 Å². The molecule has 3 rings (SSSR count). The Labute approximate surface area is 128 Å². The van der Waals surface area contributed by atoms with E-state index in [1.165, 1.54) is 18.2 Å². The van der Waals surface area contributed by atoms with Gasteiger partial charge >= 0.3 is 0 Å². The summed E-state index contributed by atoms with van der Waals surface area (Å²) in [5.74, 6) is -0.00859. The number of nitrogens with zero attached hydrogens (tertiary/aromatic N) is 1. The van der Waals surface area contributed by atoms with Gasteiger partial charge < -0.3 is 10.3 Å². The number of aromatic nitrogens is 2. The van der Waals surface area contributed by atoms with Crippen LogP contribution >= 0.6 is 15.9 Å². The molecule has 3 aromatic rings. The van der Waals surface area contributed by atoms with Gasteiger partial charge in [-0.25, -0.2) is 9.37 Å². The number of rotatable bonds is 3. The van der Waals surface area contributed by atoms with Crippen LogP contribution in [0.15, 0.2) is 46.9 Å². The van der Waals surface area contributed by atoms with Crippen LogP contribution in [0.4, 0.5) is 4.39 Å². The van der Waals surface area contributed by atoms with E-state index in [1.807, 2.05) is 24.3 Å². The summed E-state index contributed by atoms with van der Waals surface area (Å²) in [5.41, 5.74) is 2.16. The first-order valence-corrected chi connectivity index (χ1v) is 7.09. The summed E-state index contributed by atoms with van der Waals surface area (Å²) in [6, 6.07) is 11.8. The van der Waals surface area contributed by atoms with E-state index in [0.717, 1.165) is 11.0 Å². The molecule has 0 aliphatic rings. The van der Waals surface area contributed by atoms with Crippen LogP contribution in [0.5, 0.6) is 0 Å². The SMILES string of the molecule is O=C(NCc1nc2ccccc2[nH]1)c1ccc(F)c(Br)c1. The van der Waals surface area contributed by atoms with Crippen molar-refractivity contribution in [3.8, 4) is 0 Å². The van der Waals surface area contributed by atoms with Crippen LogP contribution < -0.4 is 5.32 Å². The van der Waals surface area contributed by atoms with E-state index in [0.29, 0.717) is 11.4 Å². The summed E-state index contributed by atoms with van der Waals surface area (Å²) in [6.07, 6.45) is 0. The topological polar surface area (TPSA) is 57.8 Å². The summed E-state index contributed by atoms with van der Waals surface area (Å²) >= 11 is 3.06. The number of H-pyrrole nitrogens is 1. The second-order valence-corrected chi connectivity index (χ2v) is 5.37. The quantitative estimate of drug-likeness (QED) is 0.762. The number of nitrogens with one attached hydrogen (secondary N) is 2.